The van der Waals surface area contributed by atoms with Crippen molar-refractivity contribution in [3.63, 3.8) is 0 Å². The van der Waals surface area contributed by atoms with Gasteiger partial charge >= 0.3 is 6.09 Å². The van der Waals surface area contributed by atoms with Gasteiger partial charge in [0.05, 0.1) is 13.7 Å². The fourth-order valence-corrected chi connectivity index (χ4v) is 4.22. The second-order valence-corrected chi connectivity index (χ2v) is 11.0. The lowest BCUT2D eigenvalue weighted by molar-refractivity contribution is -0.141. The van der Waals surface area contributed by atoms with Crippen molar-refractivity contribution in [3.8, 4) is 5.75 Å². The van der Waals surface area contributed by atoms with E-state index in [0.29, 0.717) is 23.4 Å². The molecule has 3 amide bonds. The molecule has 0 aliphatic rings. The number of ether oxygens (including phenoxy) is 2. The number of anilines is 1. The van der Waals surface area contributed by atoms with Gasteiger partial charge in [0.25, 0.3) is 5.91 Å². The molecule has 9 heteroatoms. The third-order valence-electron chi connectivity index (χ3n) is 6.18. The average Bonchev–Trinajstić information content (AvgIpc) is 2.84. The molecule has 9 nitrogen and oxygen atoms in total. The van der Waals surface area contributed by atoms with Gasteiger partial charge in [-0.2, -0.15) is 0 Å². The highest BCUT2D eigenvalue weighted by atomic mass is 16.6. The maximum Gasteiger partial charge on any atom is 0.408 e. The Labute approximate surface area is 231 Å². The molecule has 0 radical (unpaired) electrons. The van der Waals surface area contributed by atoms with Gasteiger partial charge in [0.2, 0.25) is 5.91 Å². The molecule has 0 saturated heterocycles. The molecule has 3 N–H and O–H groups in total. The van der Waals surface area contributed by atoms with Gasteiger partial charge in [-0.15, -0.1) is 0 Å². The van der Waals surface area contributed by atoms with Crippen molar-refractivity contribution in [2.75, 3.05) is 25.6 Å². The van der Waals surface area contributed by atoms with Crippen molar-refractivity contribution >= 4 is 23.6 Å². The molecular formula is C30H43N3O6. The van der Waals surface area contributed by atoms with Crippen molar-refractivity contribution in [1.29, 1.82) is 0 Å². The Morgan fingerprint density at radius 1 is 1.03 bits per heavy atom. The Morgan fingerprint density at radius 2 is 1.67 bits per heavy atom. The quantitative estimate of drug-likeness (QED) is 0.378. The molecule has 0 aromatic heterocycles. The minimum absolute atomic E-state index is 0.0529. The van der Waals surface area contributed by atoms with Crippen LogP contribution in [0.5, 0.6) is 5.75 Å². The number of carbonyl (C=O) groups is 3. The van der Waals surface area contributed by atoms with E-state index in [2.05, 4.69) is 10.6 Å². The molecule has 2 atom stereocenters. The van der Waals surface area contributed by atoms with Gasteiger partial charge < -0.3 is 30.1 Å². The van der Waals surface area contributed by atoms with Crippen LogP contribution in [0.4, 0.5) is 10.5 Å². The van der Waals surface area contributed by atoms with Crippen LogP contribution in [0.3, 0.4) is 0 Å². The molecule has 2 aromatic rings. The lowest BCUT2D eigenvalue weighted by Crippen LogP contribution is -2.53. The summed E-state index contributed by atoms with van der Waals surface area (Å²) < 4.78 is 10.6. The van der Waals surface area contributed by atoms with E-state index < -0.39 is 35.6 Å². The molecule has 2 rings (SSSR count). The fraction of sp³-hybridized carbons (Fsp3) is 0.500. The highest BCUT2D eigenvalue weighted by Crippen LogP contribution is 2.29. The van der Waals surface area contributed by atoms with Gasteiger partial charge in [-0.1, -0.05) is 32.0 Å². The second-order valence-electron chi connectivity index (χ2n) is 11.0. The lowest BCUT2D eigenvalue weighted by Gasteiger charge is -2.35. The van der Waals surface area contributed by atoms with Crippen LogP contribution in [-0.2, 0) is 14.3 Å². The maximum atomic E-state index is 14.1. The maximum absolute atomic E-state index is 14.1. The molecule has 0 aliphatic heterocycles. The van der Waals surface area contributed by atoms with Gasteiger partial charge in [0.1, 0.15) is 23.4 Å². The summed E-state index contributed by atoms with van der Waals surface area (Å²) in [5, 5.41) is 15.6. The number of rotatable bonds is 11. The van der Waals surface area contributed by atoms with Crippen molar-refractivity contribution in [2.24, 2.45) is 5.92 Å². The van der Waals surface area contributed by atoms with Crippen LogP contribution in [0.25, 0.3) is 0 Å². The SMILES string of the molecule is COc1ccc(NC(=O)C(c2cccc(C)c2C)N(CCO)C(=O)C(CC(C)C)NC(=O)OC(C)(C)C)cc1. The molecular weight excluding hydrogens is 498 g/mol. The highest BCUT2D eigenvalue weighted by molar-refractivity contribution is 5.99. The van der Waals surface area contributed by atoms with Crippen molar-refractivity contribution in [1.82, 2.24) is 10.2 Å². The fourth-order valence-electron chi connectivity index (χ4n) is 4.22. The van der Waals surface area contributed by atoms with Crippen LogP contribution >= 0.6 is 0 Å². The molecule has 39 heavy (non-hydrogen) atoms. The third kappa shape index (κ3) is 9.28. The summed E-state index contributed by atoms with van der Waals surface area (Å²) in [6.07, 6.45) is -0.406. The third-order valence-corrected chi connectivity index (χ3v) is 6.18. The zero-order valence-electron chi connectivity index (χ0n) is 24.3. The first kappa shape index (κ1) is 31.6. The standard InChI is InChI=1S/C30H43N3O6/c1-19(2)18-25(32-29(37)39-30(5,6)7)28(36)33(16-17-34)26(24-11-9-10-20(3)21(24)4)27(35)31-22-12-14-23(38-8)15-13-22/h9-15,19,25-26,34H,16-18H2,1-8H3,(H,31,35)(H,32,37). The predicted octanol–water partition coefficient (Wildman–Crippen LogP) is 4.75. The Kier molecular flexibility index (Phi) is 11.3. The number of carbonyl (C=O) groups excluding carboxylic acids is 3. The molecule has 0 saturated carbocycles. The number of amides is 3. The minimum Gasteiger partial charge on any atom is -0.497 e. The van der Waals surface area contributed by atoms with Gasteiger partial charge in [-0.05, 0) is 87.9 Å². The van der Waals surface area contributed by atoms with E-state index in [4.69, 9.17) is 9.47 Å². The number of methoxy groups -OCH3 is 1. The molecule has 0 spiro atoms. The van der Waals surface area contributed by atoms with Crippen molar-refractivity contribution in [2.45, 2.75) is 72.6 Å². The molecule has 0 aliphatic carbocycles. The monoisotopic (exact) mass is 541 g/mol. The van der Waals surface area contributed by atoms with Crippen molar-refractivity contribution in [3.05, 3.63) is 59.2 Å². The number of hydrogen-bond acceptors (Lipinski definition) is 6. The summed E-state index contributed by atoms with van der Waals surface area (Å²) in [6.45, 7) is 12.4. The summed E-state index contributed by atoms with van der Waals surface area (Å²) in [5.41, 5.74) is 2.21. The predicted molar refractivity (Wildman–Crippen MR) is 152 cm³/mol. The van der Waals surface area contributed by atoms with E-state index in [9.17, 15) is 19.5 Å². The summed E-state index contributed by atoms with van der Waals surface area (Å²) >= 11 is 0. The summed E-state index contributed by atoms with van der Waals surface area (Å²) in [6, 6.07) is 10.4. The van der Waals surface area contributed by atoms with Crippen molar-refractivity contribution < 1.29 is 29.0 Å². The first-order valence-corrected chi connectivity index (χ1v) is 13.2. The molecule has 0 fully saturated rings. The first-order valence-electron chi connectivity index (χ1n) is 13.2. The van der Waals surface area contributed by atoms with Gasteiger partial charge in [0, 0.05) is 12.2 Å². The molecule has 2 aromatic carbocycles. The topological polar surface area (TPSA) is 117 Å². The Hall–Kier alpha value is -3.59. The Bertz CT molecular complexity index is 1120. The summed E-state index contributed by atoms with van der Waals surface area (Å²) in [4.78, 5) is 41.9. The van der Waals surface area contributed by atoms with Gasteiger partial charge in [-0.25, -0.2) is 4.79 Å². The Balaban J connectivity index is 2.54. The van der Waals surface area contributed by atoms with Crippen LogP contribution in [0, 0.1) is 19.8 Å². The van der Waals surface area contributed by atoms with E-state index in [1.54, 1.807) is 58.2 Å². The zero-order chi connectivity index (χ0) is 29.3. The summed E-state index contributed by atoms with van der Waals surface area (Å²) in [5.74, 6) is -0.242. The van der Waals surface area contributed by atoms with E-state index in [-0.39, 0.29) is 19.1 Å². The number of aliphatic hydroxyl groups excluding tert-OH is 1. The number of aryl methyl sites for hydroxylation is 1. The number of hydrogen-bond donors (Lipinski definition) is 3. The van der Waals surface area contributed by atoms with Crippen LogP contribution < -0.4 is 15.4 Å². The molecule has 0 heterocycles. The zero-order valence-corrected chi connectivity index (χ0v) is 24.3. The number of nitrogens with zero attached hydrogens (tertiary/aromatic N) is 1. The highest BCUT2D eigenvalue weighted by Gasteiger charge is 2.37. The number of alkyl carbamates (subject to hydrolysis) is 1. The van der Waals surface area contributed by atoms with Crippen LogP contribution in [0.1, 0.15) is 63.8 Å². The largest absolute Gasteiger partial charge is 0.497 e. The average molecular weight is 542 g/mol. The summed E-state index contributed by atoms with van der Waals surface area (Å²) in [7, 11) is 1.56. The Morgan fingerprint density at radius 3 is 2.21 bits per heavy atom. The molecule has 214 valence electrons. The van der Waals surface area contributed by atoms with Crippen LogP contribution in [0.15, 0.2) is 42.5 Å². The van der Waals surface area contributed by atoms with E-state index in [0.717, 1.165) is 11.1 Å². The number of aliphatic hydroxyl groups is 1. The lowest BCUT2D eigenvalue weighted by atomic mass is 9.94. The minimum atomic E-state index is -1.07. The number of nitrogens with one attached hydrogen (secondary N) is 2. The normalized spacial score (nSPS) is 12.9. The smallest absolute Gasteiger partial charge is 0.408 e. The molecule has 0 bridgehead atoms. The second kappa shape index (κ2) is 14.0. The first-order chi connectivity index (χ1) is 18.3. The van der Waals surface area contributed by atoms with Gasteiger partial charge in [0.15, 0.2) is 0 Å². The molecule has 2 unspecified atom stereocenters. The van der Waals surface area contributed by atoms with Gasteiger partial charge in [-0.3, -0.25) is 9.59 Å². The van der Waals surface area contributed by atoms with E-state index in [1.807, 2.05) is 39.8 Å². The number of benzene rings is 2. The van der Waals surface area contributed by atoms with Crippen LogP contribution in [-0.4, -0.2) is 59.8 Å². The van der Waals surface area contributed by atoms with E-state index in [1.165, 1.54) is 4.90 Å². The van der Waals surface area contributed by atoms with Crippen LogP contribution in [0.2, 0.25) is 0 Å². The van der Waals surface area contributed by atoms with E-state index >= 15 is 0 Å².